The Morgan fingerprint density at radius 2 is 2.11 bits per heavy atom. The summed E-state index contributed by atoms with van der Waals surface area (Å²) < 4.78 is 0. The number of anilines is 1. The maximum absolute atomic E-state index is 12.0. The highest BCUT2D eigenvalue weighted by Crippen LogP contribution is 2.47. The highest BCUT2D eigenvalue weighted by atomic mass is 32.1. The van der Waals surface area contributed by atoms with Crippen molar-refractivity contribution in [3.05, 3.63) is 40.9 Å². The van der Waals surface area contributed by atoms with Crippen LogP contribution in [0, 0.1) is 12.8 Å². The van der Waals surface area contributed by atoms with Crippen molar-refractivity contribution >= 4 is 22.4 Å². The molecule has 2 unspecified atom stereocenters. The molecule has 1 heterocycles. The molecule has 2 atom stereocenters. The number of aryl methyl sites for hydroxylation is 1. The molecular formula is C13H13N3OS. The van der Waals surface area contributed by atoms with Gasteiger partial charge in [-0.3, -0.25) is 4.79 Å². The molecule has 1 aliphatic carbocycles. The predicted octanol–water partition coefficient (Wildman–Crippen LogP) is 2.59. The average Bonchev–Trinajstić information content (AvgIpc) is 3.09. The van der Waals surface area contributed by atoms with Gasteiger partial charge >= 0.3 is 0 Å². The average molecular weight is 259 g/mol. The topological polar surface area (TPSA) is 54.9 Å². The van der Waals surface area contributed by atoms with Gasteiger partial charge in [-0.1, -0.05) is 41.7 Å². The number of carbonyl (C=O) groups excluding carboxylic acids is 1. The van der Waals surface area contributed by atoms with Crippen molar-refractivity contribution in [1.29, 1.82) is 0 Å². The molecule has 0 spiro atoms. The number of hydrogen-bond acceptors (Lipinski definition) is 4. The van der Waals surface area contributed by atoms with Crippen LogP contribution in [0.4, 0.5) is 5.13 Å². The summed E-state index contributed by atoms with van der Waals surface area (Å²) in [6.45, 7) is 1.87. The van der Waals surface area contributed by atoms with Crippen LogP contribution >= 0.6 is 11.3 Å². The second-order valence-corrected chi connectivity index (χ2v) is 5.66. The van der Waals surface area contributed by atoms with Gasteiger partial charge in [0.25, 0.3) is 0 Å². The summed E-state index contributed by atoms with van der Waals surface area (Å²) in [5, 5.41) is 12.1. The molecule has 4 nitrogen and oxygen atoms in total. The van der Waals surface area contributed by atoms with Gasteiger partial charge in [0.2, 0.25) is 11.0 Å². The van der Waals surface area contributed by atoms with E-state index in [-0.39, 0.29) is 11.8 Å². The fourth-order valence-electron chi connectivity index (χ4n) is 2.10. The van der Waals surface area contributed by atoms with Crippen molar-refractivity contribution < 1.29 is 4.79 Å². The van der Waals surface area contributed by atoms with Gasteiger partial charge in [-0.15, -0.1) is 10.2 Å². The molecule has 3 rings (SSSR count). The Hall–Kier alpha value is -1.75. The number of aromatic nitrogens is 2. The minimum absolute atomic E-state index is 0.0556. The molecule has 0 bridgehead atoms. The molecule has 0 aliphatic heterocycles. The number of carbonyl (C=O) groups is 1. The van der Waals surface area contributed by atoms with E-state index in [4.69, 9.17) is 0 Å². The molecule has 1 aliphatic rings. The van der Waals surface area contributed by atoms with Crippen LogP contribution in [-0.2, 0) is 4.79 Å². The van der Waals surface area contributed by atoms with E-state index in [9.17, 15) is 4.79 Å². The first-order chi connectivity index (χ1) is 8.74. The van der Waals surface area contributed by atoms with Gasteiger partial charge in [-0.05, 0) is 24.8 Å². The molecule has 1 saturated carbocycles. The van der Waals surface area contributed by atoms with Gasteiger partial charge in [0.05, 0.1) is 0 Å². The smallest absolute Gasteiger partial charge is 0.229 e. The number of hydrogen-bond donors (Lipinski definition) is 1. The Morgan fingerprint density at radius 1 is 1.33 bits per heavy atom. The number of rotatable bonds is 3. The third-order valence-electron chi connectivity index (χ3n) is 3.11. The number of nitrogens with zero attached hydrogens (tertiary/aromatic N) is 2. The van der Waals surface area contributed by atoms with Crippen molar-refractivity contribution in [2.24, 2.45) is 5.92 Å². The molecular weight excluding hydrogens is 246 g/mol. The molecule has 18 heavy (non-hydrogen) atoms. The fourth-order valence-corrected chi connectivity index (χ4v) is 2.69. The maximum Gasteiger partial charge on any atom is 0.229 e. The predicted molar refractivity (Wildman–Crippen MR) is 70.6 cm³/mol. The highest BCUT2D eigenvalue weighted by molar-refractivity contribution is 7.15. The summed E-state index contributed by atoms with van der Waals surface area (Å²) in [7, 11) is 0. The first kappa shape index (κ1) is 11.3. The normalized spacial score (nSPS) is 21.6. The summed E-state index contributed by atoms with van der Waals surface area (Å²) in [6.07, 6.45) is 0.924. The van der Waals surface area contributed by atoms with Crippen molar-refractivity contribution in [3.63, 3.8) is 0 Å². The number of benzene rings is 1. The van der Waals surface area contributed by atoms with Crippen molar-refractivity contribution in [2.45, 2.75) is 19.3 Å². The SMILES string of the molecule is Cc1nnc(NC(=O)C2CC2c2ccccc2)s1. The molecule has 2 aromatic rings. The molecule has 0 radical (unpaired) electrons. The van der Waals surface area contributed by atoms with Gasteiger partial charge in [0.1, 0.15) is 5.01 Å². The van der Waals surface area contributed by atoms with E-state index in [1.54, 1.807) is 0 Å². The van der Waals surface area contributed by atoms with Crippen molar-refractivity contribution in [2.75, 3.05) is 5.32 Å². The maximum atomic E-state index is 12.0. The number of nitrogens with one attached hydrogen (secondary N) is 1. The fraction of sp³-hybridized carbons (Fsp3) is 0.308. The van der Waals surface area contributed by atoms with E-state index in [1.807, 2.05) is 25.1 Å². The summed E-state index contributed by atoms with van der Waals surface area (Å²) in [4.78, 5) is 12.0. The summed E-state index contributed by atoms with van der Waals surface area (Å²) >= 11 is 1.40. The van der Waals surface area contributed by atoms with Gasteiger partial charge in [0, 0.05) is 5.92 Å². The van der Waals surface area contributed by atoms with Crippen LogP contribution in [0.5, 0.6) is 0 Å². The van der Waals surface area contributed by atoms with E-state index in [0.717, 1.165) is 11.4 Å². The first-order valence-corrected chi connectivity index (χ1v) is 6.71. The zero-order valence-electron chi connectivity index (χ0n) is 9.96. The summed E-state index contributed by atoms with van der Waals surface area (Å²) in [6, 6.07) is 10.2. The van der Waals surface area contributed by atoms with E-state index >= 15 is 0 Å². The van der Waals surface area contributed by atoms with Gasteiger partial charge < -0.3 is 5.32 Å². The standard InChI is InChI=1S/C13H13N3OS/c1-8-15-16-13(18-8)14-12(17)11-7-10(11)9-5-3-2-4-6-9/h2-6,10-11H,7H2,1H3,(H,14,16,17). The molecule has 1 aromatic heterocycles. The third kappa shape index (κ3) is 2.26. The quantitative estimate of drug-likeness (QED) is 0.921. The molecule has 0 saturated heterocycles. The van der Waals surface area contributed by atoms with Crippen LogP contribution in [0.3, 0.4) is 0 Å². The van der Waals surface area contributed by atoms with Crippen LogP contribution in [0.2, 0.25) is 0 Å². The van der Waals surface area contributed by atoms with Crippen LogP contribution in [0.1, 0.15) is 22.9 Å². The molecule has 1 fully saturated rings. The lowest BCUT2D eigenvalue weighted by Gasteiger charge is -2.00. The monoisotopic (exact) mass is 259 g/mol. The van der Waals surface area contributed by atoms with E-state index in [2.05, 4.69) is 27.6 Å². The van der Waals surface area contributed by atoms with Crippen LogP contribution in [0.15, 0.2) is 30.3 Å². The third-order valence-corrected chi connectivity index (χ3v) is 3.87. The Morgan fingerprint density at radius 3 is 2.78 bits per heavy atom. The zero-order valence-corrected chi connectivity index (χ0v) is 10.8. The minimum atomic E-state index is 0.0556. The zero-order chi connectivity index (χ0) is 12.5. The Kier molecular flexibility index (Phi) is 2.83. The summed E-state index contributed by atoms with van der Waals surface area (Å²) in [5.74, 6) is 0.497. The second-order valence-electron chi connectivity index (χ2n) is 4.47. The Balaban J connectivity index is 1.63. The Labute approximate surface area is 109 Å². The van der Waals surface area contributed by atoms with Crippen molar-refractivity contribution in [3.8, 4) is 0 Å². The van der Waals surface area contributed by atoms with Gasteiger partial charge in [-0.2, -0.15) is 0 Å². The van der Waals surface area contributed by atoms with E-state index in [0.29, 0.717) is 11.0 Å². The van der Waals surface area contributed by atoms with E-state index in [1.165, 1.54) is 16.9 Å². The highest BCUT2D eigenvalue weighted by Gasteiger charge is 2.44. The molecule has 1 aromatic carbocycles. The van der Waals surface area contributed by atoms with Crippen LogP contribution in [0.25, 0.3) is 0 Å². The minimum Gasteiger partial charge on any atom is -0.300 e. The molecule has 5 heteroatoms. The first-order valence-electron chi connectivity index (χ1n) is 5.90. The van der Waals surface area contributed by atoms with E-state index < -0.39 is 0 Å². The Bertz CT molecular complexity index is 567. The molecule has 1 N–H and O–H groups in total. The molecule has 92 valence electrons. The molecule has 1 amide bonds. The lowest BCUT2D eigenvalue weighted by Crippen LogP contribution is -2.14. The number of amides is 1. The lowest BCUT2D eigenvalue weighted by atomic mass is 10.1. The second kappa shape index (κ2) is 4.49. The van der Waals surface area contributed by atoms with Gasteiger partial charge in [-0.25, -0.2) is 0 Å². The summed E-state index contributed by atoms with van der Waals surface area (Å²) in [5.41, 5.74) is 1.24. The van der Waals surface area contributed by atoms with Gasteiger partial charge in [0.15, 0.2) is 0 Å². The largest absolute Gasteiger partial charge is 0.300 e. The van der Waals surface area contributed by atoms with Crippen molar-refractivity contribution in [1.82, 2.24) is 10.2 Å². The van der Waals surface area contributed by atoms with Crippen LogP contribution < -0.4 is 5.32 Å². The lowest BCUT2D eigenvalue weighted by molar-refractivity contribution is -0.117. The van der Waals surface area contributed by atoms with Crippen LogP contribution in [-0.4, -0.2) is 16.1 Å².